The van der Waals surface area contributed by atoms with Gasteiger partial charge < -0.3 is 9.47 Å². The zero-order valence-corrected chi connectivity index (χ0v) is 22.5. The lowest BCUT2D eigenvalue weighted by Crippen LogP contribution is -2.56. The van der Waals surface area contributed by atoms with Crippen LogP contribution in [-0.4, -0.2) is 30.1 Å². The molecule has 3 aromatic rings. The molecule has 0 aliphatic carbocycles. The summed E-state index contributed by atoms with van der Waals surface area (Å²) in [5, 5.41) is 0.0947. The second kappa shape index (κ2) is 11.5. The van der Waals surface area contributed by atoms with Gasteiger partial charge in [0.15, 0.2) is 16.6 Å². The van der Waals surface area contributed by atoms with Crippen LogP contribution in [0, 0.1) is 3.57 Å². The number of rotatable bonds is 8. The van der Waals surface area contributed by atoms with Crippen LogP contribution in [0.15, 0.2) is 91.0 Å². The zero-order valence-electron chi connectivity index (χ0n) is 19.5. The van der Waals surface area contributed by atoms with Gasteiger partial charge in [0, 0.05) is 0 Å². The molecule has 1 aliphatic rings. The molecule has 1 saturated heterocycles. The zero-order chi connectivity index (χ0) is 25.7. The van der Waals surface area contributed by atoms with Gasteiger partial charge in [0.1, 0.15) is 12.2 Å². The van der Waals surface area contributed by atoms with E-state index < -0.39 is 11.8 Å². The van der Waals surface area contributed by atoms with Gasteiger partial charge in [0.25, 0.3) is 11.8 Å². The number of hydrogen-bond donors (Lipinski definition) is 0. The Balaban J connectivity index is 1.85. The highest BCUT2D eigenvalue weighted by atomic mass is 127. The van der Waals surface area contributed by atoms with Crippen LogP contribution < -0.4 is 19.3 Å². The van der Waals surface area contributed by atoms with E-state index in [2.05, 4.69) is 29.2 Å². The number of benzene rings is 3. The lowest BCUT2D eigenvalue weighted by Gasteiger charge is -2.36. The molecule has 36 heavy (non-hydrogen) atoms. The number of amides is 2. The molecule has 0 aromatic heterocycles. The number of nitrogens with zero attached hydrogens (tertiary/aromatic N) is 2. The van der Waals surface area contributed by atoms with E-state index in [0.717, 1.165) is 3.57 Å². The predicted octanol–water partition coefficient (Wildman–Crippen LogP) is 6.00. The van der Waals surface area contributed by atoms with Gasteiger partial charge in [-0.25, -0.2) is 0 Å². The van der Waals surface area contributed by atoms with Gasteiger partial charge in [-0.15, -0.1) is 0 Å². The van der Waals surface area contributed by atoms with Gasteiger partial charge in [0.2, 0.25) is 0 Å². The average molecular weight is 610 g/mol. The second-order valence-corrected chi connectivity index (χ2v) is 9.18. The van der Waals surface area contributed by atoms with Crippen LogP contribution in [0.4, 0.5) is 11.4 Å². The van der Waals surface area contributed by atoms with E-state index in [1.165, 1.54) is 9.80 Å². The van der Waals surface area contributed by atoms with E-state index in [4.69, 9.17) is 21.7 Å². The predicted molar refractivity (Wildman–Crippen MR) is 154 cm³/mol. The molecule has 6 nitrogen and oxygen atoms in total. The van der Waals surface area contributed by atoms with Crippen molar-refractivity contribution < 1.29 is 19.1 Å². The third kappa shape index (κ3) is 5.19. The summed E-state index contributed by atoms with van der Waals surface area (Å²) in [6, 6.07) is 21.7. The quantitative estimate of drug-likeness (QED) is 0.103. The Morgan fingerprint density at radius 2 is 1.47 bits per heavy atom. The fraction of sp³-hybridized carbons (Fsp3) is 0.107. The number of ether oxygens (including phenoxy) is 2. The number of thiocarbonyl (C=S) groups is 1. The Morgan fingerprint density at radius 3 is 1.97 bits per heavy atom. The first-order chi connectivity index (χ1) is 17.5. The minimum atomic E-state index is -0.497. The maximum absolute atomic E-state index is 13.7. The van der Waals surface area contributed by atoms with Crippen molar-refractivity contribution in [1.82, 2.24) is 0 Å². The molecule has 2 amide bonds. The van der Waals surface area contributed by atoms with Gasteiger partial charge in [-0.2, -0.15) is 0 Å². The molecule has 0 saturated carbocycles. The molecule has 0 atom stereocenters. The Morgan fingerprint density at radius 1 is 0.917 bits per heavy atom. The molecular weight excluding hydrogens is 587 g/mol. The number of anilines is 2. The van der Waals surface area contributed by atoms with Crippen LogP contribution in [-0.2, 0) is 9.59 Å². The number of carbonyl (C=O) groups excluding carboxylic acids is 2. The van der Waals surface area contributed by atoms with Crippen molar-refractivity contribution in [1.29, 1.82) is 0 Å². The highest BCUT2D eigenvalue weighted by Gasteiger charge is 2.41. The van der Waals surface area contributed by atoms with E-state index in [-0.39, 0.29) is 10.7 Å². The van der Waals surface area contributed by atoms with Crippen LogP contribution in [0.2, 0.25) is 0 Å². The van der Waals surface area contributed by atoms with Crippen molar-refractivity contribution in [2.24, 2.45) is 0 Å². The monoisotopic (exact) mass is 610 g/mol. The van der Waals surface area contributed by atoms with Crippen molar-refractivity contribution >= 4 is 69.2 Å². The lowest BCUT2D eigenvalue weighted by atomic mass is 10.0. The van der Waals surface area contributed by atoms with E-state index in [1.807, 2.05) is 49.4 Å². The van der Waals surface area contributed by atoms with Gasteiger partial charge in [-0.3, -0.25) is 19.4 Å². The van der Waals surface area contributed by atoms with Crippen molar-refractivity contribution in [2.45, 2.75) is 6.92 Å². The summed E-state index contributed by atoms with van der Waals surface area (Å²) in [4.78, 5) is 30.1. The molecule has 8 heteroatoms. The Bertz CT molecular complexity index is 1280. The van der Waals surface area contributed by atoms with E-state index in [0.29, 0.717) is 41.7 Å². The highest BCUT2D eigenvalue weighted by molar-refractivity contribution is 14.1. The smallest absolute Gasteiger partial charge is 0.270 e. The first-order valence-corrected chi connectivity index (χ1v) is 12.7. The molecule has 0 bridgehead atoms. The Hall–Kier alpha value is -3.50. The first-order valence-electron chi connectivity index (χ1n) is 11.2. The van der Waals surface area contributed by atoms with Crippen LogP contribution >= 0.6 is 34.8 Å². The van der Waals surface area contributed by atoms with Gasteiger partial charge in [-0.1, -0.05) is 49.1 Å². The van der Waals surface area contributed by atoms with Crippen LogP contribution in [0.3, 0.4) is 0 Å². The first kappa shape index (κ1) is 25.6. The molecule has 3 aromatic carbocycles. The third-order valence-electron chi connectivity index (χ3n) is 5.27. The van der Waals surface area contributed by atoms with Gasteiger partial charge in [-0.05, 0) is 89.8 Å². The SMILES string of the molecule is C=CCOc1c(I)cc(C=C2C(=O)N(c3ccccc3)C(=S)N(c3ccccc3)C2=O)cc1OCC. The van der Waals surface area contributed by atoms with Crippen molar-refractivity contribution in [3.05, 3.63) is 100 Å². The summed E-state index contributed by atoms with van der Waals surface area (Å²) in [5.41, 5.74) is 1.75. The molecule has 1 aliphatic heterocycles. The minimum Gasteiger partial charge on any atom is -0.490 e. The summed E-state index contributed by atoms with van der Waals surface area (Å²) >= 11 is 7.80. The van der Waals surface area contributed by atoms with Crippen LogP contribution in [0.1, 0.15) is 12.5 Å². The maximum atomic E-state index is 13.7. The third-order valence-corrected chi connectivity index (χ3v) is 6.43. The summed E-state index contributed by atoms with van der Waals surface area (Å²) in [5.74, 6) is 0.106. The van der Waals surface area contributed by atoms with Gasteiger partial charge in [0.05, 0.1) is 21.6 Å². The van der Waals surface area contributed by atoms with E-state index in [9.17, 15) is 9.59 Å². The summed E-state index contributed by atoms with van der Waals surface area (Å²) < 4.78 is 12.3. The second-order valence-electron chi connectivity index (χ2n) is 7.66. The molecule has 1 heterocycles. The number of carbonyl (C=O) groups is 2. The maximum Gasteiger partial charge on any atom is 0.270 e. The van der Waals surface area contributed by atoms with Crippen molar-refractivity contribution in [3.8, 4) is 11.5 Å². The topological polar surface area (TPSA) is 59.1 Å². The van der Waals surface area contributed by atoms with Crippen molar-refractivity contribution in [2.75, 3.05) is 23.0 Å². The lowest BCUT2D eigenvalue weighted by molar-refractivity contribution is -0.120. The highest BCUT2D eigenvalue weighted by Crippen LogP contribution is 2.36. The standard InChI is InChI=1S/C28H23IN2O4S/c1-3-15-35-25-23(29)17-19(18-24(25)34-4-2)16-22-26(32)30(20-11-7-5-8-12-20)28(36)31(27(22)33)21-13-9-6-10-14-21/h3,5-14,16-18H,1,4,15H2,2H3. The summed E-state index contributed by atoms with van der Waals surface area (Å²) in [6.07, 6.45) is 3.22. The van der Waals surface area contributed by atoms with E-state index in [1.54, 1.807) is 42.5 Å². The van der Waals surface area contributed by atoms with Crippen LogP contribution in [0.25, 0.3) is 6.08 Å². The fourth-order valence-corrected chi connectivity index (χ4v) is 4.88. The van der Waals surface area contributed by atoms with Crippen molar-refractivity contribution in [3.63, 3.8) is 0 Å². The Kier molecular flexibility index (Phi) is 8.17. The molecular formula is C28H23IN2O4S. The number of para-hydroxylation sites is 2. The minimum absolute atomic E-state index is 0.0192. The van der Waals surface area contributed by atoms with Crippen LogP contribution in [0.5, 0.6) is 11.5 Å². The van der Waals surface area contributed by atoms with Gasteiger partial charge >= 0.3 is 0 Å². The molecule has 0 N–H and O–H groups in total. The normalized spacial score (nSPS) is 13.6. The molecule has 0 unspecified atom stereocenters. The molecule has 4 rings (SSSR count). The fourth-order valence-electron chi connectivity index (χ4n) is 3.72. The number of halogens is 1. The molecule has 0 radical (unpaired) electrons. The molecule has 1 fully saturated rings. The Labute approximate surface area is 229 Å². The summed E-state index contributed by atoms with van der Waals surface area (Å²) in [6.45, 7) is 6.31. The molecule has 182 valence electrons. The largest absolute Gasteiger partial charge is 0.490 e. The summed E-state index contributed by atoms with van der Waals surface area (Å²) in [7, 11) is 0. The average Bonchev–Trinajstić information content (AvgIpc) is 2.88. The van der Waals surface area contributed by atoms with E-state index >= 15 is 0 Å². The molecule has 0 spiro atoms. The number of hydrogen-bond acceptors (Lipinski definition) is 5.